The van der Waals surface area contributed by atoms with Crippen LogP contribution in [0.1, 0.15) is 32.6 Å². The highest BCUT2D eigenvalue weighted by atomic mass is 16.2. The summed E-state index contributed by atoms with van der Waals surface area (Å²) in [6.45, 7) is 5.06. The third-order valence-corrected chi connectivity index (χ3v) is 4.51. The third-order valence-electron chi connectivity index (χ3n) is 4.51. The second-order valence-electron chi connectivity index (χ2n) is 5.30. The molecule has 3 heterocycles. The summed E-state index contributed by atoms with van der Waals surface area (Å²) in [5, 5.41) is 0. The molecule has 94 valence electrons. The lowest BCUT2D eigenvalue weighted by Gasteiger charge is -2.39. The van der Waals surface area contributed by atoms with E-state index in [0.717, 1.165) is 38.9 Å². The Morgan fingerprint density at radius 1 is 1.53 bits per heavy atom. The highest BCUT2D eigenvalue weighted by molar-refractivity contribution is 6.06. The van der Waals surface area contributed by atoms with Gasteiger partial charge in [0.2, 0.25) is 0 Å². The fourth-order valence-electron chi connectivity index (χ4n) is 3.82. The molecule has 2 N–H and O–H groups in total. The molecule has 1 spiro atoms. The predicted molar refractivity (Wildman–Crippen MR) is 66.0 cm³/mol. The highest BCUT2D eigenvalue weighted by Crippen LogP contribution is 2.43. The van der Waals surface area contributed by atoms with Crippen LogP contribution in [0.25, 0.3) is 0 Å². The van der Waals surface area contributed by atoms with Crippen LogP contribution < -0.4 is 5.73 Å². The second-order valence-corrected chi connectivity index (χ2v) is 5.30. The molecule has 0 aliphatic carbocycles. The molecule has 3 rings (SSSR count). The van der Waals surface area contributed by atoms with Gasteiger partial charge in [-0.25, -0.2) is 4.79 Å². The van der Waals surface area contributed by atoms with Gasteiger partial charge in [0.1, 0.15) is 11.4 Å². The molecule has 0 aromatic carbocycles. The fourth-order valence-corrected chi connectivity index (χ4v) is 3.82. The van der Waals surface area contributed by atoms with Crippen molar-refractivity contribution in [1.82, 2.24) is 9.80 Å². The molecule has 0 saturated carbocycles. The SMILES string of the molecule is CCCN1C(=O)N=C(N)C12CCN1CCCC12. The van der Waals surface area contributed by atoms with E-state index in [-0.39, 0.29) is 11.6 Å². The second kappa shape index (κ2) is 3.70. The predicted octanol–water partition coefficient (Wildman–Crippen LogP) is 0.796. The largest absolute Gasteiger partial charge is 0.385 e. The van der Waals surface area contributed by atoms with Crippen LogP contribution in [0.5, 0.6) is 0 Å². The molecular weight excluding hydrogens is 216 g/mol. The molecule has 0 bridgehead atoms. The number of hydrogen-bond acceptors (Lipinski definition) is 3. The number of nitrogens with zero attached hydrogens (tertiary/aromatic N) is 3. The Kier molecular flexibility index (Phi) is 2.40. The number of urea groups is 1. The summed E-state index contributed by atoms with van der Waals surface area (Å²) in [4.78, 5) is 20.4. The van der Waals surface area contributed by atoms with Crippen molar-refractivity contribution in [3.05, 3.63) is 0 Å². The Balaban J connectivity index is 1.98. The molecule has 5 nitrogen and oxygen atoms in total. The number of aliphatic imine (C=N–C) groups is 1. The first kappa shape index (κ1) is 11.0. The van der Waals surface area contributed by atoms with E-state index in [0.29, 0.717) is 11.9 Å². The minimum absolute atomic E-state index is 0.127. The molecule has 5 heteroatoms. The zero-order chi connectivity index (χ0) is 12.0. The van der Waals surface area contributed by atoms with Gasteiger partial charge in [0.25, 0.3) is 0 Å². The monoisotopic (exact) mass is 236 g/mol. The van der Waals surface area contributed by atoms with E-state index in [1.54, 1.807) is 0 Å². The van der Waals surface area contributed by atoms with Gasteiger partial charge in [-0.2, -0.15) is 4.99 Å². The van der Waals surface area contributed by atoms with Crippen LogP contribution in [0.4, 0.5) is 4.79 Å². The average molecular weight is 236 g/mol. The lowest BCUT2D eigenvalue weighted by atomic mass is 9.86. The van der Waals surface area contributed by atoms with Gasteiger partial charge in [0.15, 0.2) is 0 Å². The summed E-state index contributed by atoms with van der Waals surface area (Å²) in [5.41, 5.74) is 5.83. The van der Waals surface area contributed by atoms with Crippen LogP contribution in [0, 0.1) is 0 Å². The molecule has 17 heavy (non-hydrogen) atoms. The van der Waals surface area contributed by atoms with Gasteiger partial charge in [-0.3, -0.25) is 4.90 Å². The van der Waals surface area contributed by atoms with Gasteiger partial charge in [0, 0.05) is 19.1 Å². The van der Waals surface area contributed by atoms with Crippen LogP contribution in [-0.4, -0.2) is 52.9 Å². The van der Waals surface area contributed by atoms with E-state index in [2.05, 4.69) is 16.8 Å². The summed E-state index contributed by atoms with van der Waals surface area (Å²) >= 11 is 0. The fraction of sp³-hybridized carbons (Fsp3) is 0.833. The average Bonchev–Trinajstić information content (AvgIpc) is 2.91. The van der Waals surface area contributed by atoms with E-state index in [9.17, 15) is 4.79 Å². The third kappa shape index (κ3) is 1.29. The highest BCUT2D eigenvalue weighted by Gasteiger charge is 2.59. The van der Waals surface area contributed by atoms with E-state index in [1.807, 2.05) is 4.90 Å². The van der Waals surface area contributed by atoms with Gasteiger partial charge < -0.3 is 10.6 Å². The molecule has 2 fully saturated rings. The Labute approximate surface area is 102 Å². The number of carbonyl (C=O) groups is 1. The van der Waals surface area contributed by atoms with Gasteiger partial charge in [-0.05, 0) is 32.2 Å². The van der Waals surface area contributed by atoms with Crippen LogP contribution >= 0.6 is 0 Å². The van der Waals surface area contributed by atoms with Crippen molar-refractivity contribution in [2.45, 2.75) is 44.2 Å². The van der Waals surface area contributed by atoms with Crippen molar-refractivity contribution in [1.29, 1.82) is 0 Å². The quantitative estimate of drug-likeness (QED) is 0.771. The Bertz CT molecular complexity index is 381. The first-order valence-electron chi connectivity index (χ1n) is 6.60. The number of amides is 2. The molecular formula is C12H20N4O. The summed E-state index contributed by atoms with van der Waals surface area (Å²) < 4.78 is 0. The van der Waals surface area contributed by atoms with E-state index in [4.69, 9.17) is 5.73 Å². The maximum absolute atomic E-state index is 12.0. The molecule has 0 radical (unpaired) electrons. The summed E-state index contributed by atoms with van der Waals surface area (Å²) in [6, 6.07) is 0.280. The maximum Gasteiger partial charge on any atom is 0.346 e. The van der Waals surface area contributed by atoms with Crippen molar-refractivity contribution in [3.8, 4) is 0 Å². The van der Waals surface area contributed by atoms with E-state index < -0.39 is 0 Å². The molecule has 2 amide bonds. The number of fused-ring (bicyclic) bond motifs is 2. The van der Waals surface area contributed by atoms with E-state index in [1.165, 1.54) is 6.42 Å². The molecule has 3 aliphatic rings. The van der Waals surface area contributed by atoms with Crippen molar-refractivity contribution < 1.29 is 4.79 Å². The van der Waals surface area contributed by atoms with Crippen LogP contribution in [0.2, 0.25) is 0 Å². The summed E-state index contributed by atoms with van der Waals surface area (Å²) in [6.07, 6.45) is 4.28. The molecule has 0 aromatic heterocycles. The minimum Gasteiger partial charge on any atom is -0.385 e. The lowest BCUT2D eigenvalue weighted by Crippen LogP contribution is -2.60. The van der Waals surface area contributed by atoms with Crippen LogP contribution in [-0.2, 0) is 0 Å². The standard InChI is InChI=1S/C12H20N4O/c1-2-6-16-11(17)14-10(13)12(16)5-8-15-7-3-4-9(12)15/h9H,2-8H2,1H3,(H2,13,14,17). The number of nitrogens with two attached hydrogens (primary N) is 1. The normalized spacial score (nSPS) is 37.0. The minimum atomic E-state index is -0.274. The Morgan fingerprint density at radius 2 is 2.35 bits per heavy atom. The van der Waals surface area contributed by atoms with Crippen molar-refractivity contribution in [2.24, 2.45) is 10.7 Å². The molecule has 2 unspecified atom stereocenters. The zero-order valence-corrected chi connectivity index (χ0v) is 10.4. The Hall–Kier alpha value is -1.10. The van der Waals surface area contributed by atoms with Gasteiger partial charge in [-0.15, -0.1) is 0 Å². The smallest absolute Gasteiger partial charge is 0.346 e. The molecule has 2 atom stereocenters. The molecule has 2 saturated heterocycles. The van der Waals surface area contributed by atoms with E-state index >= 15 is 0 Å². The maximum atomic E-state index is 12.0. The summed E-state index contributed by atoms with van der Waals surface area (Å²) in [7, 11) is 0. The number of carbonyl (C=O) groups excluding carboxylic acids is 1. The van der Waals surface area contributed by atoms with Crippen molar-refractivity contribution in [2.75, 3.05) is 19.6 Å². The molecule has 3 aliphatic heterocycles. The van der Waals surface area contributed by atoms with Gasteiger partial charge >= 0.3 is 6.03 Å². The van der Waals surface area contributed by atoms with Crippen LogP contribution in [0.3, 0.4) is 0 Å². The first-order chi connectivity index (χ1) is 8.20. The van der Waals surface area contributed by atoms with Crippen molar-refractivity contribution >= 4 is 11.9 Å². The molecule has 0 aromatic rings. The lowest BCUT2D eigenvalue weighted by molar-refractivity contribution is 0.146. The number of rotatable bonds is 2. The Morgan fingerprint density at radius 3 is 3.12 bits per heavy atom. The number of hydrogen-bond donors (Lipinski definition) is 1. The number of amidine groups is 1. The first-order valence-corrected chi connectivity index (χ1v) is 6.60. The van der Waals surface area contributed by atoms with Crippen LogP contribution in [0.15, 0.2) is 4.99 Å². The van der Waals surface area contributed by atoms with Crippen molar-refractivity contribution in [3.63, 3.8) is 0 Å². The van der Waals surface area contributed by atoms with Gasteiger partial charge in [-0.1, -0.05) is 6.92 Å². The van der Waals surface area contributed by atoms with Gasteiger partial charge in [0.05, 0.1) is 0 Å². The summed E-state index contributed by atoms with van der Waals surface area (Å²) in [5.74, 6) is 0.561. The zero-order valence-electron chi connectivity index (χ0n) is 10.4. The topological polar surface area (TPSA) is 61.9 Å².